The van der Waals surface area contributed by atoms with Gasteiger partial charge in [-0.1, -0.05) is 17.7 Å². The van der Waals surface area contributed by atoms with Crippen molar-refractivity contribution in [1.82, 2.24) is 0 Å². The van der Waals surface area contributed by atoms with Crippen molar-refractivity contribution in [3.8, 4) is 5.75 Å². The first kappa shape index (κ1) is 15.6. The van der Waals surface area contributed by atoms with E-state index in [1.54, 1.807) is 18.2 Å². The quantitative estimate of drug-likeness (QED) is 0.868. The van der Waals surface area contributed by atoms with Gasteiger partial charge >= 0.3 is 0 Å². The van der Waals surface area contributed by atoms with Crippen LogP contribution in [0.3, 0.4) is 0 Å². The second kappa shape index (κ2) is 6.76. The summed E-state index contributed by atoms with van der Waals surface area (Å²) in [5.41, 5.74) is 3.64. The number of hydrogen-bond donors (Lipinski definition) is 1. The predicted octanol–water partition coefficient (Wildman–Crippen LogP) is 4.72. The number of benzene rings is 2. The third kappa shape index (κ3) is 3.85. The summed E-state index contributed by atoms with van der Waals surface area (Å²) < 4.78 is 6.22. The highest BCUT2D eigenvalue weighted by atomic mass is 79.9. The zero-order valence-corrected chi connectivity index (χ0v) is 14.0. The van der Waals surface area contributed by atoms with Crippen molar-refractivity contribution in [2.75, 3.05) is 11.9 Å². The van der Waals surface area contributed by atoms with E-state index in [0.29, 0.717) is 12.2 Å². The molecule has 0 atom stereocenters. The van der Waals surface area contributed by atoms with Crippen molar-refractivity contribution < 1.29 is 9.53 Å². The molecule has 0 aliphatic rings. The zero-order valence-electron chi connectivity index (χ0n) is 12.4. The fourth-order valence-corrected chi connectivity index (χ4v) is 2.56. The molecular weight excluding hydrogens is 330 g/mol. The fraction of sp³-hybridized carbons (Fsp3) is 0.235. The summed E-state index contributed by atoms with van der Waals surface area (Å²) in [6.07, 6.45) is 0. The molecule has 0 fully saturated rings. The lowest BCUT2D eigenvalue weighted by atomic mass is 10.1. The Morgan fingerprint density at radius 3 is 2.57 bits per heavy atom. The summed E-state index contributed by atoms with van der Waals surface area (Å²) >= 11 is 3.42. The van der Waals surface area contributed by atoms with Crippen LogP contribution in [0.4, 0.5) is 5.69 Å². The van der Waals surface area contributed by atoms with Gasteiger partial charge in [-0.2, -0.15) is 0 Å². The molecule has 2 rings (SSSR count). The number of anilines is 1. The largest absolute Gasteiger partial charge is 0.493 e. The van der Waals surface area contributed by atoms with E-state index in [0.717, 1.165) is 21.5 Å². The Balaban J connectivity index is 2.18. The van der Waals surface area contributed by atoms with Gasteiger partial charge in [0.05, 0.1) is 11.1 Å². The van der Waals surface area contributed by atoms with Gasteiger partial charge in [-0.05, 0) is 66.5 Å². The molecule has 0 heterocycles. The minimum absolute atomic E-state index is 0.134. The molecule has 2 aromatic carbocycles. The van der Waals surface area contributed by atoms with E-state index < -0.39 is 0 Å². The Kier molecular flexibility index (Phi) is 5.02. The summed E-state index contributed by atoms with van der Waals surface area (Å²) in [4.78, 5) is 12.3. The molecule has 21 heavy (non-hydrogen) atoms. The molecule has 0 saturated carbocycles. The number of aryl methyl sites for hydroxylation is 2. The Morgan fingerprint density at radius 1 is 1.19 bits per heavy atom. The first-order valence-electron chi connectivity index (χ1n) is 6.82. The standard InChI is InChI=1S/C17H18BrNO2/c1-4-21-16-8-6-13(10-14(16)18)17(20)19-15-7-5-11(2)9-12(15)3/h5-10H,4H2,1-3H3,(H,19,20). The first-order valence-corrected chi connectivity index (χ1v) is 7.61. The lowest BCUT2D eigenvalue weighted by molar-refractivity contribution is 0.102. The van der Waals surface area contributed by atoms with E-state index in [2.05, 4.69) is 21.2 Å². The van der Waals surface area contributed by atoms with Crippen LogP contribution in [-0.4, -0.2) is 12.5 Å². The summed E-state index contributed by atoms with van der Waals surface area (Å²) in [6, 6.07) is 11.3. The number of carbonyl (C=O) groups excluding carboxylic acids is 1. The highest BCUT2D eigenvalue weighted by molar-refractivity contribution is 9.10. The number of ether oxygens (including phenoxy) is 1. The number of nitrogens with one attached hydrogen (secondary N) is 1. The van der Waals surface area contributed by atoms with Crippen molar-refractivity contribution in [3.05, 3.63) is 57.6 Å². The summed E-state index contributed by atoms with van der Waals surface area (Å²) in [5, 5.41) is 2.93. The van der Waals surface area contributed by atoms with E-state index in [-0.39, 0.29) is 5.91 Å². The van der Waals surface area contributed by atoms with Crippen LogP contribution >= 0.6 is 15.9 Å². The molecule has 2 aromatic rings. The van der Waals surface area contributed by atoms with E-state index in [1.165, 1.54) is 5.56 Å². The SMILES string of the molecule is CCOc1ccc(C(=O)Nc2ccc(C)cc2C)cc1Br. The van der Waals surface area contributed by atoms with Crippen LogP contribution in [0.2, 0.25) is 0 Å². The fourth-order valence-electron chi connectivity index (χ4n) is 2.06. The summed E-state index contributed by atoms with van der Waals surface area (Å²) in [5.74, 6) is 0.603. The normalized spacial score (nSPS) is 10.3. The third-order valence-corrected chi connectivity index (χ3v) is 3.74. The molecule has 1 amide bonds. The molecule has 3 nitrogen and oxygen atoms in total. The monoisotopic (exact) mass is 347 g/mol. The van der Waals surface area contributed by atoms with Crippen molar-refractivity contribution in [3.63, 3.8) is 0 Å². The lowest BCUT2D eigenvalue weighted by Crippen LogP contribution is -2.13. The maximum absolute atomic E-state index is 12.3. The number of amides is 1. The molecule has 0 unspecified atom stereocenters. The molecule has 0 aromatic heterocycles. The van der Waals surface area contributed by atoms with Gasteiger partial charge in [0, 0.05) is 11.3 Å². The minimum Gasteiger partial charge on any atom is -0.493 e. The molecule has 4 heteroatoms. The van der Waals surface area contributed by atoms with Crippen LogP contribution in [0.5, 0.6) is 5.75 Å². The van der Waals surface area contributed by atoms with E-state index in [9.17, 15) is 4.79 Å². The maximum Gasteiger partial charge on any atom is 0.255 e. The van der Waals surface area contributed by atoms with Crippen molar-refractivity contribution in [2.45, 2.75) is 20.8 Å². The molecule has 0 aliphatic heterocycles. The van der Waals surface area contributed by atoms with Gasteiger partial charge in [-0.3, -0.25) is 4.79 Å². The van der Waals surface area contributed by atoms with E-state index in [1.807, 2.05) is 39.0 Å². The average Bonchev–Trinajstić information content (AvgIpc) is 2.44. The predicted molar refractivity (Wildman–Crippen MR) is 89.2 cm³/mol. The molecule has 0 radical (unpaired) electrons. The minimum atomic E-state index is -0.134. The highest BCUT2D eigenvalue weighted by Crippen LogP contribution is 2.26. The van der Waals surface area contributed by atoms with Crippen molar-refractivity contribution in [1.29, 1.82) is 0 Å². The molecule has 0 spiro atoms. The average molecular weight is 348 g/mol. The Labute approximate surface area is 133 Å². The van der Waals surface area contributed by atoms with Crippen LogP contribution in [0.25, 0.3) is 0 Å². The van der Waals surface area contributed by atoms with E-state index in [4.69, 9.17) is 4.74 Å². The van der Waals surface area contributed by atoms with Crippen molar-refractivity contribution >= 4 is 27.5 Å². The highest BCUT2D eigenvalue weighted by Gasteiger charge is 2.10. The molecular formula is C17H18BrNO2. The van der Waals surface area contributed by atoms with Gasteiger partial charge in [0.25, 0.3) is 5.91 Å². The topological polar surface area (TPSA) is 38.3 Å². The van der Waals surface area contributed by atoms with Gasteiger partial charge in [0.2, 0.25) is 0 Å². The lowest BCUT2D eigenvalue weighted by Gasteiger charge is -2.11. The first-order chi connectivity index (χ1) is 10.0. The third-order valence-electron chi connectivity index (χ3n) is 3.12. The Bertz CT molecular complexity index is 668. The van der Waals surface area contributed by atoms with Crippen LogP contribution in [0, 0.1) is 13.8 Å². The number of rotatable bonds is 4. The summed E-state index contributed by atoms with van der Waals surface area (Å²) in [7, 11) is 0. The van der Waals surface area contributed by atoms with Crippen molar-refractivity contribution in [2.24, 2.45) is 0 Å². The number of carbonyl (C=O) groups is 1. The van der Waals surface area contributed by atoms with Crippen LogP contribution in [0.1, 0.15) is 28.4 Å². The zero-order chi connectivity index (χ0) is 15.4. The van der Waals surface area contributed by atoms with Gasteiger partial charge in [0.1, 0.15) is 5.75 Å². The van der Waals surface area contributed by atoms with Gasteiger partial charge in [-0.25, -0.2) is 0 Å². The molecule has 0 bridgehead atoms. The molecule has 0 saturated heterocycles. The number of hydrogen-bond acceptors (Lipinski definition) is 2. The Hall–Kier alpha value is -1.81. The van der Waals surface area contributed by atoms with Gasteiger partial charge < -0.3 is 10.1 Å². The van der Waals surface area contributed by atoms with Crippen LogP contribution in [-0.2, 0) is 0 Å². The van der Waals surface area contributed by atoms with Gasteiger partial charge in [-0.15, -0.1) is 0 Å². The van der Waals surface area contributed by atoms with E-state index >= 15 is 0 Å². The number of halogens is 1. The smallest absolute Gasteiger partial charge is 0.255 e. The molecule has 110 valence electrons. The maximum atomic E-state index is 12.3. The van der Waals surface area contributed by atoms with Gasteiger partial charge in [0.15, 0.2) is 0 Å². The Morgan fingerprint density at radius 2 is 1.95 bits per heavy atom. The van der Waals surface area contributed by atoms with Crippen LogP contribution in [0.15, 0.2) is 40.9 Å². The van der Waals surface area contributed by atoms with Crippen LogP contribution < -0.4 is 10.1 Å². The molecule has 1 N–H and O–H groups in total. The second-order valence-corrected chi connectivity index (χ2v) is 5.71. The second-order valence-electron chi connectivity index (χ2n) is 4.85. The molecule has 0 aliphatic carbocycles. The summed E-state index contributed by atoms with van der Waals surface area (Å²) in [6.45, 7) is 6.53.